The van der Waals surface area contributed by atoms with Crippen LogP contribution in [0.1, 0.15) is 33.6 Å². The number of nitrogens with two attached hydrogens (primary N) is 1. The molecule has 2 atom stereocenters. The van der Waals surface area contributed by atoms with Gasteiger partial charge in [0.1, 0.15) is 0 Å². The summed E-state index contributed by atoms with van der Waals surface area (Å²) >= 11 is 0. The first-order chi connectivity index (χ1) is 5.16. The van der Waals surface area contributed by atoms with Gasteiger partial charge >= 0.3 is 0 Å². The van der Waals surface area contributed by atoms with E-state index >= 15 is 0 Å². The van der Waals surface area contributed by atoms with Gasteiger partial charge in [-0.3, -0.25) is 11.3 Å². The van der Waals surface area contributed by atoms with E-state index in [0.717, 1.165) is 11.8 Å². The maximum Gasteiger partial charge on any atom is 0.0261 e. The molecule has 66 valence electrons. The first-order valence-corrected chi connectivity index (χ1v) is 4.63. The molecule has 0 aromatic rings. The zero-order chi connectivity index (χ0) is 8.43. The molecule has 1 aliphatic carbocycles. The third-order valence-corrected chi connectivity index (χ3v) is 2.84. The molecule has 0 aliphatic heterocycles. The average molecular weight is 156 g/mol. The molecule has 3 N–H and O–H groups in total. The Hall–Kier alpha value is -0.0800. The van der Waals surface area contributed by atoms with E-state index in [-0.39, 0.29) is 0 Å². The third-order valence-electron chi connectivity index (χ3n) is 2.84. The number of rotatable bonds is 4. The first-order valence-electron chi connectivity index (χ1n) is 4.63. The summed E-state index contributed by atoms with van der Waals surface area (Å²) < 4.78 is 0. The van der Waals surface area contributed by atoms with Gasteiger partial charge < -0.3 is 0 Å². The van der Waals surface area contributed by atoms with E-state index in [1.54, 1.807) is 0 Å². The number of hydrogen-bond donors (Lipinski definition) is 2. The Bertz CT molecular complexity index is 119. The predicted molar refractivity (Wildman–Crippen MR) is 47.8 cm³/mol. The van der Waals surface area contributed by atoms with Crippen molar-refractivity contribution in [3.63, 3.8) is 0 Å². The monoisotopic (exact) mass is 156 g/mol. The van der Waals surface area contributed by atoms with E-state index in [1.165, 1.54) is 12.8 Å². The van der Waals surface area contributed by atoms with Crippen molar-refractivity contribution in [2.24, 2.45) is 23.6 Å². The standard InChI is InChI=1S/C9H20N2/c1-6(2)9(11-10)7(3)8-4-5-8/h6-9,11H,4-5,10H2,1-3H3. The molecule has 0 amide bonds. The van der Waals surface area contributed by atoms with E-state index in [1.807, 2.05) is 0 Å². The summed E-state index contributed by atoms with van der Waals surface area (Å²) in [5.41, 5.74) is 2.92. The van der Waals surface area contributed by atoms with Crippen LogP contribution in [0.3, 0.4) is 0 Å². The third kappa shape index (κ3) is 2.17. The van der Waals surface area contributed by atoms with Crippen molar-refractivity contribution in [3.8, 4) is 0 Å². The van der Waals surface area contributed by atoms with Gasteiger partial charge in [0, 0.05) is 6.04 Å². The molecule has 2 unspecified atom stereocenters. The molecule has 0 bridgehead atoms. The summed E-state index contributed by atoms with van der Waals surface area (Å²) in [7, 11) is 0. The van der Waals surface area contributed by atoms with E-state index < -0.39 is 0 Å². The van der Waals surface area contributed by atoms with Crippen LogP contribution in [0.15, 0.2) is 0 Å². The summed E-state index contributed by atoms with van der Waals surface area (Å²) in [5, 5.41) is 0. The Kier molecular flexibility index (Phi) is 2.90. The Morgan fingerprint density at radius 1 is 1.27 bits per heavy atom. The summed E-state index contributed by atoms with van der Waals surface area (Å²) in [6.07, 6.45) is 2.82. The molecule has 0 radical (unpaired) electrons. The van der Waals surface area contributed by atoms with Crippen molar-refractivity contribution in [1.29, 1.82) is 0 Å². The highest BCUT2D eigenvalue weighted by Gasteiger charge is 2.33. The van der Waals surface area contributed by atoms with Crippen LogP contribution in [0.2, 0.25) is 0 Å². The van der Waals surface area contributed by atoms with Crippen LogP contribution in [0.25, 0.3) is 0 Å². The Morgan fingerprint density at radius 2 is 1.82 bits per heavy atom. The second kappa shape index (κ2) is 3.55. The Balaban J connectivity index is 2.38. The van der Waals surface area contributed by atoms with Crippen molar-refractivity contribution in [2.75, 3.05) is 0 Å². The van der Waals surface area contributed by atoms with Crippen molar-refractivity contribution in [3.05, 3.63) is 0 Å². The normalized spacial score (nSPS) is 23.7. The second-order valence-corrected chi connectivity index (χ2v) is 4.13. The maximum atomic E-state index is 5.49. The van der Waals surface area contributed by atoms with Gasteiger partial charge in [-0.2, -0.15) is 0 Å². The Morgan fingerprint density at radius 3 is 2.09 bits per heavy atom. The van der Waals surface area contributed by atoms with Gasteiger partial charge in [-0.05, 0) is 30.6 Å². The SMILES string of the molecule is CC(C)C(NN)C(C)C1CC1. The molecule has 1 fully saturated rings. The molecule has 0 spiro atoms. The van der Waals surface area contributed by atoms with Gasteiger partial charge in [0.05, 0.1) is 0 Å². The van der Waals surface area contributed by atoms with E-state index in [0.29, 0.717) is 12.0 Å². The molecule has 0 aromatic heterocycles. The molecule has 0 saturated heterocycles. The van der Waals surface area contributed by atoms with E-state index in [9.17, 15) is 0 Å². The predicted octanol–water partition coefficient (Wildman–Crippen LogP) is 1.52. The van der Waals surface area contributed by atoms with Crippen LogP contribution >= 0.6 is 0 Å². The highest BCUT2D eigenvalue weighted by atomic mass is 15.2. The van der Waals surface area contributed by atoms with Crippen molar-refractivity contribution in [2.45, 2.75) is 39.7 Å². The second-order valence-electron chi connectivity index (χ2n) is 4.13. The van der Waals surface area contributed by atoms with Gasteiger partial charge in [0.15, 0.2) is 0 Å². The molecule has 1 aliphatic rings. The lowest BCUT2D eigenvalue weighted by Gasteiger charge is -2.26. The van der Waals surface area contributed by atoms with Gasteiger partial charge in [-0.25, -0.2) is 0 Å². The quantitative estimate of drug-likeness (QED) is 0.478. The number of hydrazine groups is 1. The minimum absolute atomic E-state index is 0.502. The van der Waals surface area contributed by atoms with Crippen LogP contribution in [0.5, 0.6) is 0 Å². The molecule has 0 aromatic carbocycles. The van der Waals surface area contributed by atoms with E-state index in [4.69, 9.17) is 5.84 Å². The lowest BCUT2D eigenvalue weighted by Crippen LogP contribution is -2.44. The molecule has 11 heavy (non-hydrogen) atoms. The summed E-state index contributed by atoms with van der Waals surface area (Å²) in [6, 6.07) is 0.502. The van der Waals surface area contributed by atoms with Crippen LogP contribution in [0.4, 0.5) is 0 Å². The zero-order valence-corrected chi connectivity index (χ0v) is 7.80. The molecule has 1 saturated carbocycles. The fourth-order valence-corrected chi connectivity index (χ4v) is 1.87. The van der Waals surface area contributed by atoms with Gasteiger partial charge in [0.25, 0.3) is 0 Å². The minimum Gasteiger partial charge on any atom is -0.271 e. The first kappa shape index (κ1) is 9.01. The minimum atomic E-state index is 0.502. The van der Waals surface area contributed by atoms with Gasteiger partial charge in [-0.1, -0.05) is 20.8 Å². The van der Waals surface area contributed by atoms with Crippen LogP contribution in [-0.4, -0.2) is 6.04 Å². The van der Waals surface area contributed by atoms with Crippen molar-refractivity contribution < 1.29 is 0 Å². The summed E-state index contributed by atoms with van der Waals surface area (Å²) in [4.78, 5) is 0. The molecular weight excluding hydrogens is 136 g/mol. The van der Waals surface area contributed by atoms with Gasteiger partial charge in [-0.15, -0.1) is 0 Å². The largest absolute Gasteiger partial charge is 0.271 e. The Labute approximate surface area is 69.5 Å². The van der Waals surface area contributed by atoms with Crippen LogP contribution in [-0.2, 0) is 0 Å². The van der Waals surface area contributed by atoms with Gasteiger partial charge in [0.2, 0.25) is 0 Å². The molecule has 0 heterocycles. The highest BCUT2D eigenvalue weighted by Crippen LogP contribution is 2.39. The average Bonchev–Trinajstić information content (AvgIpc) is 2.68. The molecule has 2 nitrogen and oxygen atoms in total. The number of nitrogens with one attached hydrogen (secondary N) is 1. The number of hydrogen-bond acceptors (Lipinski definition) is 2. The topological polar surface area (TPSA) is 38.0 Å². The lowest BCUT2D eigenvalue weighted by atomic mass is 9.89. The van der Waals surface area contributed by atoms with Crippen molar-refractivity contribution >= 4 is 0 Å². The molecule has 2 heteroatoms. The lowest BCUT2D eigenvalue weighted by molar-refractivity contribution is 0.277. The zero-order valence-electron chi connectivity index (χ0n) is 7.80. The molecular formula is C9H20N2. The smallest absolute Gasteiger partial charge is 0.0261 e. The van der Waals surface area contributed by atoms with Crippen molar-refractivity contribution in [1.82, 2.24) is 5.43 Å². The highest BCUT2D eigenvalue weighted by molar-refractivity contribution is 4.86. The van der Waals surface area contributed by atoms with Crippen LogP contribution in [0, 0.1) is 17.8 Å². The molecule has 1 rings (SSSR count). The summed E-state index contributed by atoms with van der Waals surface area (Å²) in [5.74, 6) is 7.83. The summed E-state index contributed by atoms with van der Waals surface area (Å²) in [6.45, 7) is 6.76. The maximum absolute atomic E-state index is 5.49. The van der Waals surface area contributed by atoms with Crippen LogP contribution < -0.4 is 11.3 Å². The fraction of sp³-hybridized carbons (Fsp3) is 1.00. The van der Waals surface area contributed by atoms with E-state index in [2.05, 4.69) is 26.2 Å². The fourth-order valence-electron chi connectivity index (χ4n) is 1.87.